The van der Waals surface area contributed by atoms with Crippen molar-refractivity contribution in [3.05, 3.63) is 39.7 Å². The molecule has 3 unspecified atom stereocenters. The number of carbonyl (C=O) groups is 1. The Balaban J connectivity index is 2.22. The largest absolute Gasteiger partial charge is 0.465 e. The van der Waals surface area contributed by atoms with Gasteiger partial charge in [-0.2, -0.15) is 0 Å². The van der Waals surface area contributed by atoms with Crippen molar-refractivity contribution in [3.8, 4) is 0 Å². The Morgan fingerprint density at radius 3 is 2.72 bits per heavy atom. The predicted octanol–water partition coefficient (Wildman–Crippen LogP) is 4.24. The zero-order valence-corrected chi connectivity index (χ0v) is 17.5. The molecule has 0 spiro atoms. The highest BCUT2D eigenvalue weighted by molar-refractivity contribution is 8.13. The van der Waals surface area contributed by atoms with E-state index in [0.717, 1.165) is 12.1 Å². The number of fused-ring (bicyclic) bond motifs is 1. The molecule has 1 aliphatic carbocycles. The van der Waals surface area contributed by atoms with E-state index in [4.69, 9.17) is 9.73 Å². The van der Waals surface area contributed by atoms with Gasteiger partial charge in [0.25, 0.3) is 5.69 Å². The van der Waals surface area contributed by atoms with Crippen LogP contribution in [0.3, 0.4) is 0 Å². The molecule has 2 aliphatic rings. The van der Waals surface area contributed by atoms with Crippen LogP contribution in [0.4, 0.5) is 14.9 Å². The number of nitrogens with zero attached hydrogens (tertiary/aromatic N) is 3. The second-order valence-corrected chi connectivity index (χ2v) is 9.25. The SMILES string of the molecule is COC1CCC2(c3cc([N+](=O)[O-])ccc3F)N=C(N(C(=O)O)C(C)(C)C)SCC12. The minimum absolute atomic E-state index is 0.119. The first-order valence-electron chi connectivity index (χ1n) is 9.24. The smallest absolute Gasteiger partial charge is 0.413 e. The quantitative estimate of drug-likeness (QED) is 0.574. The van der Waals surface area contributed by atoms with Gasteiger partial charge in [-0.05, 0) is 39.7 Å². The zero-order valence-electron chi connectivity index (χ0n) is 16.7. The topological polar surface area (TPSA) is 105 Å². The lowest BCUT2D eigenvalue weighted by atomic mass is 9.80. The Bertz CT molecular complexity index is 872. The van der Waals surface area contributed by atoms with Crippen LogP contribution in [0.2, 0.25) is 0 Å². The number of benzene rings is 1. The van der Waals surface area contributed by atoms with Crippen LogP contribution in [0.15, 0.2) is 23.2 Å². The van der Waals surface area contributed by atoms with Gasteiger partial charge in [-0.1, -0.05) is 11.8 Å². The van der Waals surface area contributed by atoms with Crippen LogP contribution in [-0.2, 0) is 10.3 Å². The Morgan fingerprint density at radius 2 is 2.17 bits per heavy atom. The fourth-order valence-corrected chi connectivity index (χ4v) is 5.74. The van der Waals surface area contributed by atoms with Gasteiger partial charge in [-0.3, -0.25) is 15.0 Å². The second-order valence-electron chi connectivity index (χ2n) is 8.26. The van der Waals surface area contributed by atoms with Crippen molar-refractivity contribution in [2.75, 3.05) is 12.9 Å². The molecule has 1 aromatic carbocycles. The number of carboxylic acid groups (broad SMARTS) is 1. The Morgan fingerprint density at radius 1 is 1.48 bits per heavy atom. The molecule has 1 aliphatic heterocycles. The summed E-state index contributed by atoms with van der Waals surface area (Å²) in [5, 5.41) is 21.3. The number of thioether (sulfide) groups is 1. The number of rotatable bonds is 3. The van der Waals surface area contributed by atoms with E-state index in [1.165, 1.54) is 22.7 Å². The first kappa shape index (κ1) is 21.5. The average molecular weight is 425 g/mol. The Labute approximate surface area is 172 Å². The molecule has 1 aromatic rings. The monoisotopic (exact) mass is 425 g/mol. The van der Waals surface area contributed by atoms with Crippen molar-refractivity contribution in [3.63, 3.8) is 0 Å². The maximum atomic E-state index is 14.9. The number of amides is 1. The third-order valence-electron chi connectivity index (χ3n) is 5.54. The highest BCUT2D eigenvalue weighted by Crippen LogP contribution is 2.53. The van der Waals surface area contributed by atoms with Crippen molar-refractivity contribution in [2.45, 2.75) is 50.8 Å². The van der Waals surface area contributed by atoms with Crippen molar-refractivity contribution >= 4 is 28.7 Å². The molecule has 29 heavy (non-hydrogen) atoms. The Kier molecular flexibility index (Phi) is 5.61. The van der Waals surface area contributed by atoms with Gasteiger partial charge in [0.1, 0.15) is 5.82 Å². The van der Waals surface area contributed by atoms with Crippen molar-refractivity contribution in [2.24, 2.45) is 10.9 Å². The lowest BCUT2D eigenvalue weighted by Crippen LogP contribution is -2.51. The molecule has 1 N–H and O–H groups in total. The minimum Gasteiger partial charge on any atom is -0.465 e. The molecule has 1 heterocycles. The molecule has 1 amide bonds. The number of hydrogen-bond donors (Lipinski definition) is 1. The third-order valence-corrected chi connectivity index (χ3v) is 6.60. The number of ether oxygens (including phenoxy) is 1. The number of amidine groups is 1. The van der Waals surface area contributed by atoms with Crippen molar-refractivity contribution in [1.82, 2.24) is 4.90 Å². The average Bonchev–Trinajstić information content (AvgIpc) is 2.99. The summed E-state index contributed by atoms with van der Waals surface area (Å²) >= 11 is 1.29. The molecular weight excluding hydrogens is 401 g/mol. The molecule has 0 saturated heterocycles. The lowest BCUT2D eigenvalue weighted by molar-refractivity contribution is -0.385. The van der Waals surface area contributed by atoms with Gasteiger partial charge >= 0.3 is 6.09 Å². The zero-order chi connectivity index (χ0) is 21.6. The van der Waals surface area contributed by atoms with Crippen LogP contribution in [0.5, 0.6) is 0 Å². The lowest BCUT2D eigenvalue weighted by Gasteiger charge is -2.42. The van der Waals surface area contributed by atoms with E-state index in [9.17, 15) is 24.4 Å². The number of aliphatic imine (C=N–C) groups is 1. The number of nitro benzene ring substituents is 1. The van der Waals surface area contributed by atoms with Gasteiger partial charge < -0.3 is 9.84 Å². The molecule has 1 saturated carbocycles. The maximum Gasteiger partial charge on any atom is 0.413 e. The highest BCUT2D eigenvalue weighted by Gasteiger charge is 2.54. The van der Waals surface area contributed by atoms with E-state index in [-0.39, 0.29) is 28.4 Å². The molecule has 158 valence electrons. The summed E-state index contributed by atoms with van der Waals surface area (Å²) in [6, 6.07) is 3.42. The normalized spacial score (nSPS) is 26.6. The number of hydrogen-bond acceptors (Lipinski definition) is 6. The van der Waals surface area contributed by atoms with E-state index in [0.29, 0.717) is 18.6 Å². The number of halogens is 1. The summed E-state index contributed by atoms with van der Waals surface area (Å²) in [5.41, 5.74) is -1.98. The third kappa shape index (κ3) is 3.71. The van der Waals surface area contributed by atoms with Crippen LogP contribution < -0.4 is 0 Å². The van der Waals surface area contributed by atoms with Crippen molar-refractivity contribution < 1.29 is 24.0 Å². The summed E-state index contributed by atoms with van der Waals surface area (Å²) in [6.45, 7) is 5.26. The van der Waals surface area contributed by atoms with Crippen LogP contribution in [-0.4, -0.2) is 50.7 Å². The molecule has 8 nitrogen and oxygen atoms in total. The van der Waals surface area contributed by atoms with Crippen LogP contribution in [0, 0.1) is 21.8 Å². The summed E-state index contributed by atoms with van der Waals surface area (Å²) in [6.07, 6.45) is -0.336. The molecule has 0 radical (unpaired) electrons. The molecule has 10 heteroatoms. The van der Waals surface area contributed by atoms with E-state index in [1.807, 2.05) is 0 Å². The van der Waals surface area contributed by atoms with Gasteiger partial charge in [0.2, 0.25) is 0 Å². The van der Waals surface area contributed by atoms with Crippen LogP contribution >= 0.6 is 11.8 Å². The summed E-state index contributed by atoms with van der Waals surface area (Å²) in [7, 11) is 1.58. The Hall–Kier alpha value is -2.20. The van der Waals surface area contributed by atoms with E-state index in [1.54, 1.807) is 27.9 Å². The molecule has 1 fully saturated rings. The molecule has 0 aromatic heterocycles. The summed E-state index contributed by atoms with van der Waals surface area (Å²) in [4.78, 5) is 28.6. The molecule has 3 rings (SSSR count). The van der Waals surface area contributed by atoms with E-state index >= 15 is 0 Å². The summed E-state index contributed by atoms with van der Waals surface area (Å²) in [5.74, 6) is -0.349. The van der Waals surface area contributed by atoms with Gasteiger partial charge in [0, 0.05) is 42.0 Å². The molecule has 0 bridgehead atoms. The number of nitro groups is 1. The van der Waals surface area contributed by atoms with Gasteiger partial charge in [-0.15, -0.1) is 0 Å². The van der Waals surface area contributed by atoms with E-state index in [2.05, 4.69) is 0 Å². The standard InChI is InChI=1S/C19H24FN3O5S/c1-18(2,3)22(17(24)25)16-21-19(8-7-15(28-4)13(19)10-29-16)12-9-11(23(26)27)5-6-14(12)20/h5-6,9,13,15H,7-8,10H2,1-4H3,(H,24,25). The van der Waals surface area contributed by atoms with Gasteiger partial charge in [0.05, 0.1) is 16.6 Å². The second kappa shape index (κ2) is 7.56. The first-order valence-corrected chi connectivity index (χ1v) is 10.2. The van der Waals surface area contributed by atoms with Crippen molar-refractivity contribution in [1.29, 1.82) is 0 Å². The maximum absolute atomic E-state index is 14.9. The van der Waals surface area contributed by atoms with Gasteiger partial charge in [0.15, 0.2) is 5.17 Å². The van der Waals surface area contributed by atoms with Crippen LogP contribution in [0.1, 0.15) is 39.2 Å². The predicted molar refractivity (Wildman–Crippen MR) is 108 cm³/mol. The van der Waals surface area contributed by atoms with Gasteiger partial charge in [-0.25, -0.2) is 14.2 Å². The fourth-order valence-electron chi connectivity index (χ4n) is 4.21. The number of methoxy groups -OCH3 is 1. The molecule has 3 atom stereocenters. The number of non-ortho nitro benzene ring substituents is 1. The van der Waals surface area contributed by atoms with E-state index < -0.39 is 27.9 Å². The fraction of sp³-hybridized carbons (Fsp3) is 0.579. The molecular formula is C19H24FN3O5S. The summed E-state index contributed by atoms with van der Waals surface area (Å²) < 4.78 is 20.5. The first-order chi connectivity index (χ1) is 13.5. The highest BCUT2D eigenvalue weighted by atomic mass is 32.2. The minimum atomic E-state index is -1.15. The van der Waals surface area contributed by atoms with Crippen LogP contribution in [0.25, 0.3) is 0 Å².